The number of anilines is 1. The summed E-state index contributed by atoms with van der Waals surface area (Å²) in [6.45, 7) is 11.7. The van der Waals surface area contributed by atoms with Crippen molar-refractivity contribution in [3.8, 4) is 0 Å². The maximum Gasteiger partial charge on any atom is 0.253 e. The number of nitrogens with zero attached hydrogens (tertiary/aromatic N) is 3. The van der Waals surface area contributed by atoms with Gasteiger partial charge in [-0.25, -0.2) is 4.98 Å². The molecule has 2 aromatic carbocycles. The fraction of sp³-hybridized carbons (Fsp3) is 0.391. The van der Waals surface area contributed by atoms with Crippen LogP contribution in [-0.2, 0) is 0 Å². The van der Waals surface area contributed by atoms with Gasteiger partial charge < -0.3 is 9.80 Å². The lowest BCUT2D eigenvalue weighted by molar-refractivity contribution is 0.0746. The number of benzene rings is 2. The van der Waals surface area contributed by atoms with Crippen LogP contribution in [0.1, 0.15) is 46.8 Å². The molecule has 0 aliphatic carbocycles. The van der Waals surface area contributed by atoms with Gasteiger partial charge >= 0.3 is 0 Å². The minimum atomic E-state index is 0.133. The van der Waals surface area contributed by atoms with Crippen LogP contribution in [0.2, 0.25) is 0 Å². The van der Waals surface area contributed by atoms with Gasteiger partial charge in [0.05, 0.1) is 10.2 Å². The molecule has 5 heteroatoms. The van der Waals surface area contributed by atoms with E-state index in [-0.39, 0.29) is 5.91 Å². The Morgan fingerprint density at radius 2 is 1.79 bits per heavy atom. The lowest BCUT2D eigenvalue weighted by atomic mass is 10.0. The SMILES string of the molecule is Cc1ccc(C(=O)N2CCN(c3nc4c(C(C)C)cccc4s3)CC2)cc1C. The van der Waals surface area contributed by atoms with Gasteiger partial charge in [-0.2, -0.15) is 0 Å². The summed E-state index contributed by atoms with van der Waals surface area (Å²) < 4.78 is 1.25. The number of aryl methyl sites for hydroxylation is 2. The second kappa shape index (κ2) is 7.55. The molecule has 4 rings (SSSR count). The minimum Gasteiger partial charge on any atom is -0.345 e. The first-order chi connectivity index (χ1) is 13.4. The Bertz CT molecular complexity index is 1020. The van der Waals surface area contributed by atoms with Gasteiger partial charge in [0.1, 0.15) is 0 Å². The van der Waals surface area contributed by atoms with Crippen LogP contribution in [0.3, 0.4) is 0 Å². The molecule has 0 spiro atoms. The average Bonchev–Trinajstić information content (AvgIpc) is 3.13. The zero-order valence-electron chi connectivity index (χ0n) is 17.0. The van der Waals surface area contributed by atoms with Gasteiger partial charge in [0.15, 0.2) is 5.13 Å². The van der Waals surface area contributed by atoms with Crippen LogP contribution in [0.15, 0.2) is 36.4 Å². The van der Waals surface area contributed by atoms with Crippen LogP contribution in [0, 0.1) is 13.8 Å². The van der Waals surface area contributed by atoms with Crippen LogP contribution < -0.4 is 4.90 Å². The topological polar surface area (TPSA) is 36.4 Å². The molecule has 4 nitrogen and oxygen atoms in total. The number of thiazole rings is 1. The van der Waals surface area contributed by atoms with Gasteiger partial charge in [-0.15, -0.1) is 0 Å². The standard InChI is InChI=1S/C23H27N3OS/c1-15(2)19-6-5-7-20-21(19)24-23(28-20)26-12-10-25(11-13-26)22(27)18-9-8-16(3)17(4)14-18/h5-9,14-15H,10-13H2,1-4H3. The monoisotopic (exact) mass is 393 g/mol. The first-order valence-corrected chi connectivity index (χ1v) is 10.8. The highest BCUT2D eigenvalue weighted by atomic mass is 32.1. The zero-order valence-corrected chi connectivity index (χ0v) is 17.8. The van der Waals surface area contributed by atoms with E-state index in [0.29, 0.717) is 5.92 Å². The van der Waals surface area contributed by atoms with Crippen LogP contribution in [0.4, 0.5) is 5.13 Å². The average molecular weight is 394 g/mol. The van der Waals surface area contributed by atoms with E-state index in [9.17, 15) is 4.79 Å². The van der Waals surface area contributed by atoms with Crippen molar-refractivity contribution < 1.29 is 4.79 Å². The number of aromatic nitrogens is 1. The number of fused-ring (bicyclic) bond motifs is 1. The molecule has 0 radical (unpaired) electrons. The van der Waals surface area contributed by atoms with Crippen molar-refractivity contribution in [2.45, 2.75) is 33.6 Å². The molecule has 0 unspecified atom stereocenters. The van der Waals surface area contributed by atoms with Crippen molar-refractivity contribution in [1.82, 2.24) is 9.88 Å². The van der Waals surface area contributed by atoms with E-state index in [1.165, 1.54) is 21.4 Å². The number of piperazine rings is 1. The molecule has 0 N–H and O–H groups in total. The van der Waals surface area contributed by atoms with E-state index >= 15 is 0 Å². The Balaban J connectivity index is 1.48. The Labute approximate surface area is 170 Å². The number of hydrogen-bond donors (Lipinski definition) is 0. The number of carbonyl (C=O) groups is 1. The number of carbonyl (C=O) groups excluding carboxylic acids is 1. The van der Waals surface area contributed by atoms with Gasteiger partial charge in [-0.1, -0.05) is 43.4 Å². The zero-order chi connectivity index (χ0) is 19.8. The second-order valence-electron chi connectivity index (χ2n) is 7.92. The van der Waals surface area contributed by atoms with Gasteiger partial charge in [0.2, 0.25) is 0 Å². The Morgan fingerprint density at radius 3 is 2.46 bits per heavy atom. The highest BCUT2D eigenvalue weighted by Gasteiger charge is 2.24. The fourth-order valence-corrected chi connectivity index (χ4v) is 4.77. The molecule has 1 aliphatic heterocycles. The second-order valence-corrected chi connectivity index (χ2v) is 8.93. The number of hydrogen-bond acceptors (Lipinski definition) is 4. The quantitative estimate of drug-likeness (QED) is 0.628. The highest BCUT2D eigenvalue weighted by Crippen LogP contribution is 2.33. The fourth-order valence-electron chi connectivity index (χ4n) is 3.72. The highest BCUT2D eigenvalue weighted by molar-refractivity contribution is 7.22. The summed E-state index contributed by atoms with van der Waals surface area (Å²) in [5.41, 5.74) is 5.62. The van der Waals surface area contributed by atoms with E-state index < -0.39 is 0 Å². The number of rotatable bonds is 3. The first-order valence-electron chi connectivity index (χ1n) is 9.95. The molecular formula is C23H27N3OS. The van der Waals surface area contributed by atoms with Crippen molar-refractivity contribution in [3.05, 3.63) is 58.7 Å². The van der Waals surface area contributed by atoms with Crippen molar-refractivity contribution in [2.24, 2.45) is 0 Å². The normalized spacial score (nSPS) is 14.9. The van der Waals surface area contributed by atoms with Gasteiger partial charge in [-0.3, -0.25) is 4.79 Å². The van der Waals surface area contributed by atoms with E-state index in [2.05, 4.69) is 50.8 Å². The molecule has 1 fully saturated rings. The van der Waals surface area contributed by atoms with E-state index in [0.717, 1.165) is 42.4 Å². The Morgan fingerprint density at radius 1 is 1.04 bits per heavy atom. The van der Waals surface area contributed by atoms with Crippen LogP contribution >= 0.6 is 11.3 Å². The molecule has 28 heavy (non-hydrogen) atoms. The maximum absolute atomic E-state index is 12.9. The summed E-state index contributed by atoms with van der Waals surface area (Å²) in [4.78, 5) is 22.1. The van der Waals surface area contributed by atoms with Crippen molar-refractivity contribution in [2.75, 3.05) is 31.1 Å². The Kier molecular flexibility index (Phi) is 5.11. The third-order valence-electron chi connectivity index (χ3n) is 5.65. The maximum atomic E-state index is 12.9. The first kappa shape index (κ1) is 18.9. The molecule has 2 heterocycles. The molecule has 1 saturated heterocycles. The summed E-state index contributed by atoms with van der Waals surface area (Å²) in [5.74, 6) is 0.597. The van der Waals surface area contributed by atoms with Crippen LogP contribution in [0.25, 0.3) is 10.2 Å². The molecule has 0 atom stereocenters. The minimum absolute atomic E-state index is 0.133. The number of para-hydroxylation sites is 1. The summed E-state index contributed by atoms with van der Waals surface area (Å²) in [6, 6.07) is 12.4. The molecule has 1 aliphatic rings. The van der Waals surface area contributed by atoms with Crippen molar-refractivity contribution in [1.29, 1.82) is 0 Å². The predicted molar refractivity (Wildman–Crippen MR) is 118 cm³/mol. The molecule has 3 aromatic rings. The molecule has 146 valence electrons. The van der Waals surface area contributed by atoms with Gasteiger partial charge in [0.25, 0.3) is 5.91 Å². The van der Waals surface area contributed by atoms with E-state index in [1.807, 2.05) is 23.1 Å². The van der Waals surface area contributed by atoms with Crippen LogP contribution in [0.5, 0.6) is 0 Å². The molecule has 1 aromatic heterocycles. The van der Waals surface area contributed by atoms with Crippen molar-refractivity contribution in [3.63, 3.8) is 0 Å². The predicted octanol–water partition coefficient (Wildman–Crippen LogP) is 5.00. The largest absolute Gasteiger partial charge is 0.345 e. The summed E-state index contributed by atoms with van der Waals surface area (Å²) in [7, 11) is 0. The van der Waals surface area contributed by atoms with Gasteiger partial charge in [0, 0.05) is 31.7 Å². The lowest BCUT2D eigenvalue weighted by Gasteiger charge is -2.34. The molecular weight excluding hydrogens is 366 g/mol. The number of amides is 1. The molecule has 0 bridgehead atoms. The molecule has 1 amide bonds. The smallest absolute Gasteiger partial charge is 0.253 e. The third kappa shape index (κ3) is 3.51. The van der Waals surface area contributed by atoms with E-state index in [4.69, 9.17) is 4.98 Å². The lowest BCUT2D eigenvalue weighted by Crippen LogP contribution is -2.48. The Hall–Kier alpha value is -2.40. The van der Waals surface area contributed by atoms with Crippen molar-refractivity contribution >= 4 is 32.6 Å². The summed E-state index contributed by atoms with van der Waals surface area (Å²) in [5, 5.41) is 1.07. The molecule has 0 saturated carbocycles. The summed E-state index contributed by atoms with van der Waals surface area (Å²) in [6.07, 6.45) is 0. The van der Waals surface area contributed by atoms with E-state index in [1.54, 1.807) is 11.3 Å². The third-order valence-corrected chi connectivity index (χ3v) is 6.73. The van der Waals surface area contributed by atoms with Gasteiger partial charge in [-0.05, 0) is 54.7 Å². The van der Waals surface area contributed by atoms with Crippen LogP contribution in [-0.4, -0.2) is 42.0 Å². The summed E-state index contributed by atoms with van der Waals surface area (Å²) >= 11 is 1.76.